The van der Waals surface area contributed by atoms with Crippen molar-refractivity contribution >= 4 is 40.6 Å². The summed E-state index contributed by atoms with van der Waals surface area (Å²) in [5, 5.41) is 0.598. The van der Waals surface area contributed by atoms with Crippen molar-refractivity contribution in [2.45, 2.75) is 0 Å². The van der Waals surface area contributed by atoms with E-state index in [1.54, 1.807) is 6.07 Å². The van der Waals surface area contributed by atoms with Crippen molar-refractivity contribution < 1.29 is 13.9 Å². The highest BCUT2D eigenvalue weighted by Gasteiger charge is 2.10. The van der Waals surface area contributed by atoms with Crippen LogP contribution in [0.4, 0.5) is 4.39 Å². The van der Waals surface area contributed by atoms with Crippen LogP contribution in [0.1, 0.15) is 10.4 Å². The molecule has 0 atom stereocenters. The van der Waals surface area contributed by atoms with Gasteiger partial charge in [0.05, 0.1) is 15.1 Å². The average Bonchev–Trinajstić information content (AvgIpc) is 2.43. The maximum atomic E-state index is 13.0. The predicted octanol–water partition coefficient (Wildman–Crippen LogP) is 5.05. The minimum Gasteiger partial charge on any atom is -0.485 e. The lowest BCUT2D eigenvalue weighted by Crippen LogP contribution is -2.11. The summed E-state index contributed by atoms with van der Waals surface area (Å²) >= 11 is 17.2. The lowest BCUT2D eigenvalue weighted by atomic mass is 10.1. The minimum atomic E-state index is -0.546. The highest BCUT2D eigenvalue weighted by atomic mass is 35.5. The first-order chi connectivity index (χ1) is 9.47. The number of carbonyl (C=O) groups excluding carboxylic acids is 1. The zero-order valence-corrected chi connectivity index (χ0v) is 12.3. The maximum Gasteiger partial charge on any atom is 0.200 e. The molecule has 6 heteroatoms. The van der Waals surface area contributed by atoms with Crippen LogP contribution in [0.25, 0.3) is 0 Å². The van der Waals surface area contributed by atoms with Gasteiger partial charge in [0.25, 0.3) is 0 Å². The topological polar surface area (TPSA) is 26.3 Å². The Balaban J connectivity index is 2.04. The Labute approximate surface area is 130 Å². The van der Waals surface area contributed by atoms with E-state index in [0.717, 1.165) is 0 Å². The van der Waals surface area contributed by atoms with Gasteiger partial charge >= 0.3 is 0 Å². The molecule has 0 radical (unpaired) electrons. The van der Waals surface area contributed by atoms with E-state index in [4.69, 9.17) is 39.5 Å². The van der Waals surface area contributed by atoms with E-state index < -0.39 is 5.82 Å². The zero-order valence-electron chi connectivity index (χ0n) is 10.00. The molecule has 0 aliphatic heterocycles. The third-order valence-corrected chi connectivity index (χ3v) is 3.53. The van der Waals surface area contributed by atoms with Crippen molar-refractivity contribution in [2.24, 2.45) is 0 Å². The molecule has 20 heavy (non-hydrogen) atoms. The van der Waals surface area contributed by atoms with Crippen LogP contribution >= 0.6 is 34.8 Å². The van der Waals surface area contributed by atoms with Gasteiger partial charge in [-0.25, -0.2) is 4.39 Å². The molecule has 2 aromatic rings. The molecule has 0 bridgehead atoms. The van der Waals surface area contributed by atoms with Gasteiger partial charge < -0.3 is 4.74 Å². The van der Waals surface area contributed by atoms with E-state index in [0.29, 0.717) is 21.4 Å². The van der Waals surface area contributed by atoms with Gasteiger partial charge in [-0.05, 0) is 30.3 Å². The second-order valence-electron chi connectivity index (χ2n) is 3.92. The van der Waals surface area contributed by atoms with E-state index in [1.165, 1.54) is 30.3 Å². The number of halogens is 4. The zero-order chi connectivity index (χ0) is 14.7. The van der Waals surface area contributed by atoms with E-state index in [2.05, 4.69) is 0 Å². The summed E-state index contributed by atoms with van der Waals surface area (Å²) in [6.45, 7) is -0.208. The summed E-state index contributed by atoms with van der Waals surface area (Å²) in [7, 11) is 0. The normalized spacial score (nSPS) is 10.4. The Morgan fingerprint density at radius 2 is 1.75 bits per heavy atom. The lowest BCUT2D eigenvalue weighted by Gasteiger charge is -2.07. The van der Waals surface area contributed by atoms with Crippen molar-refractivity contribution in [3.8, 4) is 5.75 Å². The summed E-state index contributed by atoms with van der Waals surface area (Å²) in [6, 6.07) is 8.42. The van der Waals surface area contributed by atoms with Gasteiger partial charge in [0.2, 0.25) is 0 Å². The van der Waals surface area contributed by atoms with Gasteiger partial charge in [0, 0.05) is 11.6 Å². The Hall–Kier alpha value is -1.29. The van der Waals surface area contributed by atoms with Gasteiger partial charge in [-0.15, -0.1) is 0 Å². The monoisotopic (exact) mass is 332 g/mol. The largest absolute Gasteiger partial charge is 0.485 e. The number of hydrogen-bond acceptors (Lipinski definition) is 2. The molecule has 0 aromatic heterocycles. The van der Waals surface area contributed by atoms with Crippen molar-refractivity contribution in [2.75, 3.05) is 6.61 Å². The van der Waals surface area contributed by atoms with Crippen molar-refractivity contribution in [1.29, 1.82) is 0 Å². The quantitative estimate of drug-likeness (QED) is 0.732. The van der Waals surface area contributed by atoms with Crippen LogP contribution in [0.2, 0.25) is 15.1 Å². The van der Waals surface area contributed by atoms with Crippen LogP contribution in [0.3, 0.4) is 0 Å². The Morgan fingerprint density at radius 3 is 2.40 bits per heavy atom. The number of ketones is 1. The third kappa shape index (κ3) is 3.63. The SMILES string of the molecule is O=C(COc1ccc(F)c(Cl)c1)c1ccc(Cl)c(Cl)c1. The fraction of sp³-hybridized carbons (Fsp3) is 0.0714. The van der Waals surface area contributed by atoms with Crippen LogP contribution in [-0.2, 0) is 0 Å². The van der Waals surface area contributed by atoms with E-state index >= 15 is 0 Å². The fourth-order valence-electron chi connectivity index (χ4n) is 1.47. The number of rotatable bonds is 4. The second kappa shape index (κ2) is 6.44. The summed E-state index contributed by atoms with van der Waals surface area (Å²) in [6.07, 6.45) is 0. The lowest BCUT2D eigenvalue weighted by molar-refractivity contribution is 0.0921. The predicted molar refractivity (Wildman–Crippen MR) is 77.7 cm³/mol. The van der Waals surface area contributed by atoms with Gasteiger partial charge in [0.1, 0.15) is 11.6 Å². The molecule has 0 unspecified atom stereocenters. The van der Waals surface area contributed by atoms with Crippen LogP contribution in [0, 0.1) is 5.82 Å². The molecule has 0 N–H and O–H groups in total. The molecule has 0 aliphatic carbocycles. The van der Waals surface area contributed by atoms with Gasteiger partial charge in [-0.1, -0.05) is 34.8 Å². The van der Waals surface area contributed by atoms with Crippen LogP contribution in [-0.4, -0.2) is 12.4 Å². The molecule has 0 aliphatic rings. The molecule has 104 valence electrons. The van der Waals surface area contributed by atoms with Crippen LogP contribution < -0.4 is 4.74 Å². The maximum absolute atomic E-state index is 13.0. The smallest absolute Gasteiger partial charge is 0.200 e. The number of Topliss-reactive ketones (excluding diaryl/α,β-unsaturated/α-hetero) is 1. The van der Waals surface area contributed by atoms with E-state index in [1.807, 2.05) is 0 Å². The third-order valence-electron chi connectivity index (χ3n) is 2.50. The summed E-state index contributed by atoms with van der Waals surface area (Å²) in [5.41, 5.74) is 0.382. The number of ether oxygens (including phenoxy) is 1. The minimum absolute atomic E-state index is 0.0653. The molecule has 2 rings (SSSR count). The molecular formula is C14H8Cl3FO2. The van der Waals surface area contributed by atoms with Gasteiger partial charge in [-0.2, -0.15) is 0 Å². The number of carbonyl (C=O) groups is 1. The fourth-order valence-corrected chi connectivity index (χ4v) is 1.94. The second-order valence-corrected chi connectivity index (χ2v) is 5.14. The van der Waals surface area contributed by atoms with Gasteiger partial charge in [-0.3, -0.25) is 4.79 Å². The highest BCUT2D eigenvalue weighted by Crippen LogP contribution is 2.24. The Morgan fingerprint density at radius 1 is 1.00 bits per heavy atom. The standard InChI is InChI=1S/C14H8Cl3FO2/c15-10-3-1-8(5-11(10)16)14(19)7-20-9-2-4-13(18)12(17)6-9/h1-6H,7H2. The molecule has 2 nitrogen and oxygen atoms in total. The number of hydrogen-bond donors (Lipinski definition) is 0. The van der Waals surface area contributed by atoms with Gasteiger partial charge in [0.15, 0.2) is 12.4 Å². The first-order valence-corrected chi connectivity index (χ1v) is 6.67. The molecule has 0 spiro atoms. The van der Waals surface area contributed by atoms with Crippen molar-refractivity contribution in [3.05, 3.63) is 62.8 Å². The Kier molecular flexibility index (Phi) is 4.86. The molecule has 0 amide bonds. The molecule has 0 saturated heterocycles. The van der Waals surface area contributed by atoms with Crippen molar-refractivity contribution in [3.63, 3.8) is 0 Å². The molecule has 0 heterocycles. The average molecular weight is 334 g/mol. The highest BCUT2D eigenvalue weighted by molar-refractivity contribution is 6.42. The molecule has 2 aromatic carbocycles. The molecular weight excluding hydrogens is 326 g/mol. The van der Waals surface area contributed by atoms with Crippen LogP contribution in [0.15, 0.2) is 36.4 Å². The summed E-state index contributed by atoms with van der Waals surface area (Å²) < 4.78 is 18.2. The first kappa shape index (κ1) is 15.1. The van der Waals surface area contributed by atoms with Crippen LogP contribution in [0.5, 0.6) is 5.75 Å². The summed E-state index contributed by atoms with van der Waals surface area (Å²) in [4.78, 5) is 11.9. The van der Waals surface area contributed by atoms with E-state index in [9.17, 15) is 9.18 Å². The van der Waals surface area contributed by atoms with E-state index in [-0.39, 0.29) is 17.4 Å². The number of benzene rings is 2. The molecule has 0 fully saturated rings. The molecule has 0 saturated carbocycles. The first-order valence-electron chi connectivity index (χ1n) is 5.53. The summed E-state index contributed by atoms with van der Waals surface area (Å²) in [5.74, 6) is -0.511. The Bertz CT molecular complexity index is 659. The van der Waals surface area contributed by atoms with Crippen molar-refractivity contribution in [1.82, 2.24) is 0 Å².